The first kappa shape index (κ1) is 14.5. The maximum atomic E-state index is 10.0. The molecule has 0 aromatic carbocycles. The monoisotopic (exact) mass is 166 g/mol. The van der Waals surface area contributed by atoms with Gasteiger partial charge >= 0.3 is 29.6 Å². The molecule has 0 bridgehead atoms. The minimum Gasteiger partial charge on any atom is -0.854 e. The van der Waals surface area contributed by atoms with Crippen LogP contribution in [0.5, 0.6) is 0 Å². The number of hydrogen-bond acceptors (Lipinski definition) is 1. The van der Waals surface area contributed by atoms with Crippen LogP contribution in [-0.2, 0) is 0 Å². The average molecular weight is 166 g/mol. The molecule has 0 rings (SSSR count). The third kappa shape index (κ3) is 13.9. The van der Waals surface area contributed by atoms with Crippen molar-refractivity contribution >= 4 is 0 Å². The van der Waals surface area contributed by atoms with Crippen molar-refractivity contribution in [2.24, 2.45) is 5.92 Å². The van der Waals surface area contributed by atoms with Gasteiger partial charge in [0.2, 0.25) is 0 Å². The predicted octanol–water partition coefficient (Wildman–Crippen LogP) is -1.04. The summed E-state index contributed by atoms with van der Waals surface area (Å²) in [4.78, 5) is 0. The van der Waals surface area contributed by atoms with Gasteiger partial charge in [-0.3, -0.25) is 0 Å². The Morgan fingerprint density at radius 2 is 1.55 bits per heavy atom. The quantitative estimate of drug-likeness (QED) is 0.365. The van der Waals surface area contributed by atoms with Crippen molar-refractivity contribution in [2.45, 2.75) is 46.0 Å². The van der Waals surface area contributed by atoms with Crippen LogP contribution in [0.25, 0.3) is 0 Å². The van der Waals surface area contributed by atoms with Gasteiger partial charge in [0.25, 0.3) is 0 Å². The van der Waals surface area contributed by atoms with Crippen molar-refractivity contribution in [3.8, 4) is 0 Å². The second-order valence-corrected chi connectivity index (χ2v) is 3.30. The first-order valence-corrected chi connectivity index (χ1v) is 4.35. The van der Waals surface area contributed by atoms with Crippen molar-refractivity contribution in [3.05, 3.63) is 0 Å². The number of rotatable bonds is 6. The van der Waals surface area contributed by atoms with Gasteiger partial charge in [-0.05, 0) is 5.92 Å². The summed E-state index contributed by atoms with van der Waals surface area (Å²) >= 11 is 0. The van der Waals surface area contributed by atoms with E-state index in [1.54, 1.807) is 0 Å². The predicted molar refractivity (Wildman–Crippen MR) is 42.8 cm³/mol. The van der Waals surface area contributed by atoms with E-state index in [1.165, 1.54) is 19.3 Å². The smallest absolute Gasteiger partial charge is 0.854 e. The van der Waals surface area contributed by atoms with E-state index in [1.807, 2.05) is 0 Å². The van der Waals surface area contributed by atoms with Gasteiger partial charge in [0, 0.05) is 0 Å². The van der Waals surface area contributed by atoms with E-state index in [4.69, 9.17) is 0 Å². The maximum absolute atomic E-state index is 10.0. The van der Waals surface area contributed by atoms with Crippen LogP contribution in [0.4, 0.5) is 0 Å². The average Bonchev–Trinajstić information content (AvgIpc) is 1.87. The molecular formula is C9H19NaO. The summed E-state index contributed by atoms with van der Waals surface area (Å²) in [5.74, 6) is 0.826. The summed E-state index contributed by atoms with van der Waals surface area (Å²) in [6, 6.07) is 0. The van der Waals surface area contributed by atoms with Crippen LogP contribution in [-0.4, -0.2) is 6.61 Å². The molecule has 0 aliphatic heterocycles. The molecule has 0 N–H and O–H groups in total. The van der Waals surface area contributed by atoms with Gasteiger partial charge in [0.15, 0.2) is 0 Å². The molecule has 0 amide bonds. The number of hydrogen-bond donors (Lipinski definition) is 0. The molecule has 11 heavy (non-hydrogen) atoms. The molecule has 0 heterocycles. The molecule has 0 unspecified atom stereocenters. The second-order valence-electron chi connectivity index (χ2n) is 3.30. The van der Waals surface area contributed by atoms with Gasteiger partial charge in [-0.2, -0.15) is 0 Å². The van der Waals surface area contributed by atoms with E-state index in [2.05, 4.69) is 13.8 Å². The van der Waals surface area contributed by atoms with Crippen LogP contribution >= 0.6 is 0 Å². The molecule has 0 spiro atoms. The fourth-order valence-corrected chi connectivity index (χ4v) is 1.01. The van der Waals surface area contributed by atoms with Crippen LogP contribution in [0.1, 0.15) is 46.0 Å². The minimum atomic E-state index is 0. The summed E-state index contributed by atoms with van der Waals surface area (Å²) in [5, 5.41) is 10.0. The molecule has 62 valence electrons. The van der Waals surface area contributed by atoms with Gasteiger partial charge in [0.1, 0.15) is 0 Å². The van der Waals surface area contributed by atoms with E-state index in [0.717, 1.165) is 18.8 Å². The molecular weight excluding hydrogens is 147 g/mol. The van der Waals surface area contributed by atoms with E-state index in [-0.39, 0.29) is 36.2 Å². The maximum Gasteiger partial charge on any atom is 1.00 e. The molecule has 2 heteroatoms. The molecule has 0 fully saturated rings. The van der Waals surface area contributed by atoms with E-state index >= 15 is 0 Å². The zero-order chi connectivity index (χ0) is 7.82. The van der Waals surface area contributed by atoms with E-state index < -0.39 is 0 Å². The topological polar surface area (TPSA) is 23.1 Å². The van der Waals surface area contributed by atoms with E-state index in [0.29, 0.717) is 0 Å². The van der Waals surface area contributed by atoms with Gasteiger partial charge in [0.05, 0.1) is 0 Å². The molecule has 0 radical (unpaired) electrons. The first-order valence-electron chi connectivity index (χ1n) is 4.35. The first-order chi connectivity index (χ1) is 4.77. The standard InChI is InChI=1S/C9H19O.Na/c1-9(2)7-5-3-4-6-8-10;/h9H,3-8H2,1-2H3;/q-1;+1. The Hall–Kier alpha value is 0.960. The Morgan fingerprint density at radius 3 is 2.00 bits per heavy atom. The van der Waals surface area contributed by atoms with Crippen molar-refractivity contribution in [1.82, 2.24) is 0 Å². The summed E-state index contributed by atoms with van der Waals surface area (Å²) in [6.07, 6.45) is 5.88. The van der Waals surface area contributed by atoms with Gasteiger partial charge in [-0.15, -0.1) is 6.61 Å². The molecule has 0 saturated carbocycles. The van der Waals surface area contributed by atoms with Gasteiger partial charge in [-0.1, -0.05) is 46.0 Å². The Kier molecular flexibility index (Phi) is 14.4. The fourth-order valence-electron chi connectivity index (χ4n) is 1.01. The Balaban J connectivity index is 0. The minimum absolute atomic E-state index is 0. The molecule has 0 aliphatic rings. The van der Waals surface area contributed by atoms with Crippen LogP contribution < -0.4 is 34.7 Å². The third-order valence-electron chi connectivity index (χ3n) is 1.68. The van der Waals surface area contributed by atoms with E-state index in [9.17, 15) is 5.11 Å². The van der Waals surface area contributed by atoms with Crippen LogP contribution in [0, 0.1) is 5.92 Å². The molecule has 0 aromatic rings. The Labute approximate surface area is 92.9 Å². The van der Waals surface area contributed by atoms with Crippen molar-refractivity contribution in [3.63, 3.8) is 0 Å². The van der Waals surface area contributed by atoms with Crippen molar-refractivity contribution < 1.29 is 34.7 Å². The number of unbranched alkanes of at least 4 members (excludes halogenated alkanes) is 3. The largest absolute Gasteiger partial charge is 1.00 e. The zero-order valence-corrected chi connectivity index (χ0v) is 10.2. The molecule has 0 aliphatic carbocycles. The summed E-state index contributed by atoms with van der Waals surface area (Å²) in [7, 11) is 0. The molecule has 0 saturated heterocycles. The molecule has 1 nitrogen and oxygen atoms in total. The molecule has 0 atom stereocenters. The van der Waals surface area contributed by atoms with Crippen molar-refractivity contribution in [2.75, 3.05) is 6.61 Å². The van der Waals surface area contributed by atoms with Crippen molar-refractivity contribution in [1.29, 1.82) is 0 Å². The third-order valence-corrected chi connectivity index (χ3v) is 1.68. The normalized spacial score (nSPS) is 9.82. The Morgan fingerprint density at radius 1 is 1.00 bits per heavy atom. The summed E-state index contributed by atoms with van der Waals surface area (Å²) < 4.78 is 0. The Bertz CT molecular complexity index is 64.6. The van der Waals surface area contributed by atoms with Crippen LogP contribution in [0.15, 0.2) is 0 Å². The van der Waals surface area contributed by atoms with Crippen LogP contribution in [0.2, 0.25) is 0 Å². The van der Waals surface area contributed by atoms with Gasteiger partial charge < -0.3 is 5.11 Å². The van der Waals surface area contributed by atoms with Crippen LogP contribution in [0.3, 0.4) is 0 Å². The summed E-state index contributed by atoms with van der Waals surface area (Å²) in [5.41, 5.74) is 0. The SMILES string of the molecule is CC(C)CCCCCC[O-].[Na+]. The molecule has 0 aromatic heterocycles. The second kappa shape index (κ2) is 11.0. The zero-order valence-electron chi connectivity index (χ0n) is 8.23. The van der Waals surface area contributed by atoms with Gasteiger partial charge in [-0.25, -0.2) is 0 Å². The fraction of sp³-hybridized carbons (Fsp3) is 1.00. The summed E-state index contributed by atoms with van der Waals surface area (Å²) in [6.45, 7) is 4.60.